The molecule has 0 bridgehead atoms. The van der Waals surface area contributed by atoms with Gasteiger partial charge in [0.05, 0.1) is 38.0 Å². The number of rotatable bonds is 11. The number of nitrogens with zero attached hydrogens (tertiary/aromatic N) is 2. The minimum absolute atomic E-state index is 0.111. The highest BCUT2D eigenvalue weighted by Crippen LogP contribution is 2.30. The fraction of sp³-hybridized carbons (Fsp3) is 0.267. The van der Waals surface area contributed by atoms with Crippen molar-refractivity contribution in [3.8, 4) is 11.5 Å². The lowest BCUT2D eigenvalue weighted by Crippen LogP contribution is -2.37. The van der Waals surface area contributed by atoms with E-state index in [0.717, 1.165) is 5.56 Å². The molecule has 9 nitrogen and oxygen atoms in total. The highest BCUT2D eigenvalue weighted by molar-refractivity contribution is 7.80. The average Bonchev–Trinajstić information content (AvgIpc) is 3.18. The summed E-state index contributed by atoms with van der Waals surface area (Å²) in [7, 11) is 1.59. The van der Waals surface area contributed by atoms with Crippen LogP contribution in [0.25, 0.3) is 0 Å². The fourth-order valence-electron chi connectivity index (χ4n) is 4.33. The number of ether oxygens (including phenoxy) is 3. The van der Waals surface area contributed by atoms with Crippen LogP contribution in [0.2, 0.25) is 0 Å². The molecule has 1 unspecified atom stereocenters. The monoisotopic (exact) mass is 561 g/mol. The van der Waals surface area contributed by atoms with Crippen LogP contribution in [-0.4, -0.2) is 54.2 Å². The van der Waals surface area contributed by atoms with Crippen LogP contribution in [0.4, 0.5) is 11.4 Å². The number of amides is 2. The number of carbonyl (C=O) groups is 3. The molecule has 1 fully saturated rings. The molecule has 1 atom stereocenters. The summed E-state index contributed by atoms with van der Waals surface area (Å²) < 4.78 is 15.8. The van der Waals surface area contributed by atoms with Crippen molar-refractivity contribution in [2.24, 2.45) is 0 Å². The zero-order valence-corrected chi connectivity index (χ0v) is 23.4. The van der Waals surface area contributed by atoms with Crippen molar-refractivity contribution >= 4 is 46.5 Å². The Morgan fingerprint density at radius 1 is 0.900 bits per heavy atom. The number of thiocarbonyl (C=S) groups is 1. The number of hydrogen-bond donors (Lipinski definition) is 1. The first-order valence-corrected chi connectivity index (χ1v) is 13.3. The quantitative estimate of drug-likeness (QED) is 0.263. The molecule has 10 heteroatoms. The predicted octanol–water partition coefficient (Wildman–Crippen LogP) is 4.80. The van der Waals surface area contributed by atoms with E-state index in [9.17, 15) is 14.4 Å². The summed E-state index contributed by atoms with van der Waals surface area (Å²) in [5.41, 5.74) is 2.35. The molecule has 1 N–H and O–H groups in total. The smallest absolute Gasteiger partial charge is 0.338 e. The summed E-state index contributed by atoms with van der Waals surface area (Å²) in [5.74, 6) is 0.300. The van der Waals surface area contributed by atoms with E-state index >= 15 is 0 Å². The number of esters is 1. The summed E-state index contributed by atoms with van der Waals surface area (Å²) in [4.78, 5) is 42.1. The van der Waals surface area contributed by atoms with E-state index in [2.05, 4.69) is 5.32 Å². The maximum Gasteiger partial charge on any atom is 0.338 e. The van der Waals surface area contributed by atoms with Gasteiger partial charge in [-0.15, -0.1) is 0 Å². The third-order valence-corrected chi connectivity index (χ3v) is 6.71. The summed E-state index contributed by atoms with van der Waals surface area (Å²) in [6.45, 7) is 4.75. The van der Waals surface area contributed by atoms with E-state index in [1.165, 1.54) is 4.90 Å². The Kier molecular flexibility index (Phi) is 9.34. The zero-order valence-electron chi connectivity index (χ0n) is 22.6. The maximum atomic E-state index is 13.7. The molecule has 0 saturated carbocycles. The molecule has 208 valence electrons. The normalized spacial score (nSPS) is 14.7. The SMILES string of the molecule is CCOC(=O)c1ccc(N2C(=O)C(CC(=O)Nc3ccc(OCC)cc3)N(Cc3ccc(OC)cc3)C2=S)cc1. The van der Waals surface area contributed by atoms with E-state index in [4.69, 9.17) is 26.4 Å². The van der Waals surface area contributed by atoms with Gasteiger partial charge in [0.15, 0.2) is 5.11 Å². The van der Waals surface area contributed by atoms with E-state index in [1.807, 2.05) is 31.2 Å². The van der Waals surface area contributed by atoms with Crippen molar-refractivity contribution in [2.75, 3.05) is 30.5 Å². The lowest BCUT2D eigenvalue weighted by atomic mass is 10.1. The molecule has 2 amide bonds. The van der Waals surface area contributed by atoms with Crippen LogP contribution in [0.15, 0.2) is 72.8 Å². The zero-order chi connectivity index (χ0) is 28.6. The average molecular weight is 562 g/mol. The van der Waals surface area contributed by atoms with Gasteiger partial charge >= 0.3 is 5.97 Å². The van der Waals surface area contributed by atoms with Crippen LogP contribution < -0.4 is 19.7 Å². The molecular formula is C30H31N3O6S. The lowest BCUT2D eigenvalue weighted by molar-refractivity contribution is -0.124. The van der Waals surface area contributed by atoms with E-state index in [0.29, 0.717) is 41.6 Å². The molecule has 1 saturated heterocycles. The van der Waals surface area contributed by atoms with Gasteiger partial charge in [-0.2, -0.15) is 0 Å². The van der Waals surface area contributed by atoms with Gasteiger partial charge in [0.25, 0.3) is 5.91 Å². The van der Waals surface area contributed by atoms with Gasteiger partial charge in [0.1, 0.15) is 17.5 Å². The Balaban J connectivity index is 1.56. The highest BCUT2D eigenvalue weighted by atomic mass is 32.1. The van der Waals surface area contributed by atoms with Crippen LogP contribution in [-0.2, 0) is 20.9 Å². The Morgan fingerprint density at radius 3 is 2.15 bits per heavy atom. The van der Waals surface area contributed by atoms with Gasteiger partial charge in [-0.05, 0) is 92.3 Å². The van der Waals surface area contributed by atoms with Crippen LogP contribution in [0.1, 0.15) is 36.2 Å². The second-order valence-corrected chi connectivity index (χ2v) is 9.29. The topological polar surface area (TPSA) is 97.4 Å². The van der Waals surface area contributed by atoms with Crippen LogP contribution in [0, 0.1) is 0 Å². The first-order valence-electron chi connectivity index (χ1n) is 12.9. The van der Waals surface area contributed by atoms with Gasteiger partial charge in [0, 0.05) is 12.2 Å². The molecule has 0 radical (unpaired) electrons. The van der Waals surface area contributed by atoms with Crippen molar-refractivity contribution in [1.82, 2.24) is 4.90 Å². The van der Waals surface area contributed by atoms with Crippen molar-refractivity contribution in [3.05, 3.63) is 83.9 Å². The number of nitrogens with one attached hydrogen (secondary N) is 1. The van der Waals surface area contributed by atoms with Crippen LogP contribution in [0.5, 0.6) is 11.5 Å². The number of carbonyl (C=O) groups excluding carboxylic acids is 3. The van der Waals surface area contributed by atoms with Crippen LogP contribution in [0.3, 0.4) is 0 Å². The Hall–Kier alpha value is -4.44. The van der Waals surface area contributed by atoms with Crippen molar-refractivity contribution < 1.29 is 28.6 Å². The highest BCUT2D eigenvalue weighted by Gasteiger charge is 2.44. The number of anilines is 2. The predicted molar refractivity (Wildman–Crippen MR) is 156 cm³/mol. The molecule has 4 rings (SSSR count). The van der Waals surface area contributed by atoms with Gasteiger partial charge in [0.2, 0.25) is 5.91 Å². The molecule has 40 heavy (non-hydrogen) atoms. The minimum Gasteiger partial charge on any atom is -0.497 e. The van der Waals surface area contributed by atoms with Crippen LogP contribution >= 0.6 is 12.2 Å². The molecular weight excluding hydrogens is 530 g/mol. The van der Waals surface area contributed by atoms with Crippen molar-refractivity contribution in [2.45, 2.75) is 32.9 Å². The molecule has 1 heterocycles. The Bertz CT molecular complexity index is 1360. The number of benzene rings is 3. The minimum atomic E-state index is -0.831. The van der Waals surface area contributed by atoms with E-state index < -0.39 is 12.0 Å². The third-order valence-electron chi connectivity index (χ3n) is 6.30. The molecule has 1 aliphatic rings. The molecule has 0 spiro atoms. The second-order valence-electron chi connectivity index (χ2n) is 8.93. The number of hydrogen-bond acceptors (Lipinski definition) is 7. The standard InChI is InChI=1S/C30H31N3O6S/c1-4-38-25-16-10-22(11-17-25)31-27(34)18-26-28(35)33(23-12-8-21(9-13-23)29(36)39-5-2)30(40)32(26)19-20-6-14-24(37-3)15-7-20/h6-17,26H,4-5,18-19H2,1-3H3,(H,31,34). The molecule has 3 aromatic carbocycles. The molecule has 1 aliphatic heterocycles. The van der Waals surface area contributed by atoms with E-state index in [1.54, 1.807) is 67.5 Å². The molecule has 0 aliphatic carbocycles. The van der Waals surface area contributed by atoms with Crippen molar-refractivity contribution in [1.29, 1.82) is 0 Å². The Morgan fingerprint density at radius 2 is 1.55 bits per heavy atom. The maximum absolute atomic E-state index is 13.7. The number of methoxy groups -OCH3 is 1. The Labute approximate surface area is 238 Å². The van der Waals surface area contributed by atoms with Crippen molar-refractivity contribution in [3.63, 3.8) is 0 Å². The van der Waals surface area contributed by atoms with Gasteiger partial charge in [-0.25, -0.2) is 4.79 Å². The fourth-order valence-corrected chi connectivity index (χ4v) is 4.72. The first-order chi connectivity index (χ1) is 19.3. The van der Waals surface area contributed by atoms with Gasteiger partial charge in [-0.3, -0.25) is 14.5 Å². The molecule has 0 aromatic heterocycles. The van der Waals surface area contributed by atoms with Gasteiger partial charge < -0.3 is 24.4 Å². The largest absolute Gasteiger partial charge is 0.497 e. The van der Waals surface area contributed by atoms with E-state index in [-0.39, 0.29) is 30.0 Å². The summed E-state index contributed by atoms with van der Waals surface area (Å²) in [6, 6.07) is 20.1. The summed E-state index contributed by atoms with van der Waals surface area (Å²) in [5, 5.41) is 3.12. The summed E-state index contributed by atoms with van der Waals surface area (Å²) in [6.07, 6.45) is -0.111. The first kappa shape index (κ1) is 28.6. The second kappa shape index (κ2) is 13.1. The lowest BCUT2D eigenvalue weighted by Gasteiger charge is -2.24. The molecule has 3 aromatic rings. The van der Waals surface area contributed by atoms with Gasteiger partial charge in [-0.1, -0.05) is 12.1 Å². The summed E-state index contributed by atoms with van der Waals surface area (Å²) >= 11 is 5.76. The third kappa shape index (κ3) is 6.58.